The maximum Gasteiger partial charge on any atom is 0.243 e. The molecule has 0 saturated heterocycles. The fourth-order valence-corrected chi connectivity index (χ4v) is 6.33. The van der Waals surface area contributed by atoms with Gasteiger partial charge in [0, 0.05) is 0 Å². The molecule has 0 aromatic heterocycles. The lowest BCUT2D eigenvalue weighted by Gasteiger charge is -2.27. The Bertz CT molecular complexity index is 1260. The topological polar surface area (TPSA) is 0 Å². The van der Waals surface area contributed by atoms with E-state index in [2.05, 4.69) is 123 Å². The number of rotatable bonds is 4. The van der Waals surface area contributed by atoms with Crippen LogP contribution in [0.5, 0.6) is 0 Å². The third-order valence-electron chi connectivity index (χ3n) is 7.27. The van der Waals surface area contributed by atoms with E-state index < -0.39 is 0 Å². The van der Waals surface area contributed by atoms with Gasteiger partial charge in [-0.1, -0.05) is 116 Å². The van der Waals surface area contributed by atoms with Gasteiger partial charge in [0.2, 0.25) is 6.71 Å². The molecule has 0 spiro atoms. The first-order chi connectivity index (χ1) is 16.1. The predicted octanol–water partition coefficient (Wildman–Crippen LogP) is 6.65. The number of hydrogen-bond acceptors (Lipinski definition) is 0. The van der Waals surface area contributed by atoms with Gasteiger partial charge in [-0.2, -0.15) is 0 Å². The normalized spacial score (nSPS) is 11.1. The highest BCUT2D eigenvalue weighted by Gasteiger charge is 2.30. The second kappa shape index (κ2) is 9.30. The second-order valence-corrected chi connectivity index (χ2v) is 10.4. The Kier molecular flexibility index (Phi) is 6.59. The fraction of sp³-hybridized carbons (Fsp3) is 0.273. The Labute approximate surface area is 207 Å². The van der Waals surface area contributed by atoms with Crippen LogP contribution in [-0.2, 0) is 0 Å². The summed E-state index contributed by atoms with van der Waals surface area (Å²) >= 11 is 0. The van der Waals surface area contributed by atoms with Gasteiger partial charge in [0.15, 0.2) is 0 Å². The molecule has 34 heavy (non-hydrogen) atoms. The first-order valence-corrected chi connectivity index (χ1v) is 12.4. The molecule has 0 radical (unpaired) electrons. The van der Waals surface area contributed by atoms with Crippen LogP contribution in [0, 0.1) is 62.3 Å². The molecule has 0 unspecified atom stereocenters. The van der Waals surface area contributed by atoms with Crippen molar-refractivity contribution in [3.8, 4) is 11.1 Å². The molecule has 0 fully saturated rings. The van der Waals surface area contributed by atoms with Crippen molar-refractivity contribution in [1.82, 2.24) is 0 Å². The first-order valence-electron chi connectivity index (χ1n) is 12.4. The van der Waals surface area contributed by atoms with E-state index in [1.54, 1.807) is 0 Å². The van der Waals surface area contributed by atoms with Crippen LogP contribution in [0.3, 0.4) is 0 Å². The average molecular weight is 444 g/mol. The average Bonchev–Trinajstić information content (AvgIpc) is 2.71. The van der Waals surface area contributed by atoms with Crippen molar-refractivity contribution in [2.75, 3.05) is 0 Å². The van der Waals surface area contributed by atoms with Gasteiger partial charge in [-0.25, -0.2) is 0 Å². The van der Waals surface area contributed by atoms with Gasteiger partial charge in [0.25, 0.3) is 0 Å². The number of benzene rings is 4. The molecule has 4 aromatic rings. The van der Waals surface area contributed by atoms with E-state index in [9.17, 15) is 0 Å². The molecule has 0 saturated carbocycles. The van der Waals surface area contributed by atoms with E-state index >= 15 is 0 Å². The highest BCUT2D eigenvalue weighted by atomic mass is 14.2. The van der Waals surface area contributed by atoms with Crippen LogP contribution in [0.4, 0.5) is 0 Å². The van der Waals surface area contributed by atoms with Crippen LogP contribution in [0.25, 0.3) is 11.1 Å². The van der Waals surface area contributed by atoms with Crippen LogP contribution in [0.2, 0.25) is 0 Å². The Morgan fingerprint density at radius 3 is 1.21 bits per heavy atom. The van der Waals surface area contributed by atoms with Gasteiger partial charge in [0.1, 0.15) is 0 Å². The summed E-state index contributed by atoms with van der Waals surface area (Å²) < 4.78 is 0. The van der Waals surface area contributed by atoms with Gasteiger partial charge in [-0.3, -0.25) is 0 Å². The highest BCUT2D eigenvalue weighted by molar-refractivity contribution is 6.97. The molecular weight excluding hydrogens is 407 g/mol. The molecule has 0 nitrogen and oxygen atoms in total. The van der Waals surface area contributed by atoms with E-state index in [-0.39, 0.29) is 6.71 Å². The lowest BCUT2D eigenvalue weighted by molar-refractivity contribution is 1.32. The zero-order valence-electron chi connectivity index (χ0n) is 22.4. The fourth-order valence-electron chi connectivity index (χ4n) is 6.33. The van der Waals surface area contributed by atoms with Crippen LogP contribution >= 0.6 is 0 Å². The van der Waals surface area contributed by atoms with Gasteiger partial charge >= 0.3 is 0 Å². The Morgan fingerprint density at radius 2 is 0.794 bits per heavy atom. The molecule has 1 heteroatoms. The SMILES string of the molecule is Cc1cc(C)c(B(c2ccccc2-c2c(C)cc(C)cc2C)c2c(C)cc(C)cc2C)c(C)c1. The van der Waals surface area contributed by atoms with E-state index in [1.807, 2.05) is 0 Å². The van der Waals surface area contributed by atoms with Crippen LogP contribution < -0.4 is 16.4 Å². The maximum absolute atomic E-state index is 2.36. The Balaban J connectivity index is 2.12. The predicted molar refractivity (Wildman–Crippen MR) is 152 cm³/mol. The lowest BCUT2D eigenvalue weighted by atomic mass is 9.33. The third-order valence-corrected chi connectivity index (χ3v) is 7.27. The van der Waals surface area contributed by atoms with Crippen molar-refractivity contribution in [2.45, 2.75) is 62.3 Å². The van der Waals surface area contributed by atoms with E-state index in [1.165, 1.54) is 77.6 Å². The zero-order chi connectivity index (χ0) is 24.7. The van der Waals surface area contributed by atoms with Crippen molar-refractivity contribution < 1.29 is 0 Å². The minimum atomic E-state index is 0.178. The Hall–Kier alpha value is -3.06. The van der Waals surface area contributed by atoms with E-state index in [0.717, 1.165) is 0 Å². The quantitative estimate of drug-likeness (QED) is 0.309. The molecule has 4 aromatic carbocycles. The summed E-state index contributed by atoms with van der Waals surface area (Å²) in [5.41, 5.74) is 19.1. The molecule has 0 amide bonds. The summed E-state index contributed by atoms with van der Waals surface area (Å²) in [6.45, 7) is 20.4. The highest BCUT2D eigenvalue weighted by Crippen LogP contribution is 2.28. The van der Waals surface area contributed by atoms with E-state index in [4.69, 9.17) is 0 Å². The van der Waals surface area contributed by atoms with Crippen LogP contribution in [0.15, 0.2) is 60.7 Å². The first kappa shape index (κ1) is 24.1. The summed E-state index contributed by atoms with van der Waals surface area (Å²) in [5.74, 6) is 0. The largest absolute Gasteiger partial charge is 0.243 e. The standard InChI is InChI=1S/C33H37B/c1-20-14-23(4)31(24(5)15-20)29-12-10-11-13-30(29)34(32-25(6)16-21(2)17-26(32)7)33-27(8)18-22(3)19-28(33)9/h10-19H,1-9H3. The minimum Gasteiger partial charge on any atom is -0.0664 e. The molecule has 4 rings (SSSR count). The third kappa shape index (κ3) is 4.37. The lowest BCUT2D eigenvalue weighted by Crippen LogP contribution is -2.56. The van der Waals surface area contributed by atoms with Crippen molar-refractivity contribution in [1.29, 1.82) is 0 Å². The summed E-state index contributed by atoms with van der Waals surface area (Å²) in [6.07, 6.45) is 0. The molecular formula is C33H37B. The molecule has 0 N–H and O–H groups in total. The van der Waals surface area contributed by atoms with Crippen molar-refractivity contribution in [3.05, 3.63) is 111 Å². The Morgan fingerprint density at radius 1 is 0.441 bits per heavy atom. The molecule has 0 bridgehead atoms. The molecule has 172 valence electrons. The number of hydrogen-bond donors (Lipinski definition) is 0. The van der Waals surface area contributed by atoms with Crippen LogP contribution in [0.1, 0.15) is 50.1 Å². The smallest absolute Gasteiger partial charge is 0.0664 e. The van der Waals surface area contributed by atoms with Crippen molar-refractivity contribution >= 4 is 23.1 Å². The summed E-state index contributed by atoms with van der Waals surface area (Å²) in [7, 11) is 0. The second-order valence-electron chi connectivity index (χ2n) is 10.4. The zero-order valence-corrected chi connectivity index (χ0v) is 22.4. The molecule has 0 aliphatic rings. The molecule has 0 aliphatic heterocycles. The summed E-state index contributed by atoms with van der Waals surface area (Å²) in [5, 5.41) is 0. The molecule has 0 atom stereocenters. The summed E-state index contributed by atoms with van der Waals surface area (Å²) in [4.78, 5) is 0. The van der Waals surface area contributed by atoms with Gasteiger partial charge in [-0.05, 0) is 84.6 Å². The number of aryl methyl sites for hydroxylation is 9. The molecule has 0 heterocycles. The minimum absolute atomic E-state index is 0.178. The van der Waals surface area contributed by atoms with Crippen molar-refractivity contribution in [3.63, 3.8) is 0 Å². The van der Waals surface area contributed by atoms with Gasteiger partial charge < -0.3 is 0 Å². The monoisotopic (exact) mass is 444 g/mol. The summed E-state index contributed by atoms with van der Waals surface area (Å²) in [6, 6.07) is 23.1. The van der Waals surface area contributed by atoms with E-state index in [0.29, 0.717) is 0 Å². The maximum atomic E-state index is 2.36. The molecule has 0 aliphatic carbocycles. The van der Waals surface area contributed by atoms with Gasteiger partial charge in [-0.15, -0.1) is 0 Å². The van der Waals surface area contributed by atoms with Crippen molar-refractivity contribution in [2.24, 2.45) is 0 Å². The van der Waals surface area contributed by atoms with Crippen LogP contribution in [-0.4, -0.2) is 6.71 Å². The van der Waals surface area contributed by atoms with Gasteiger partial charge in [0.05, 0.1) is 0 Å².